The van der Waals surface area contributed by atoms with Crippen LogP contribution in [0.3, 0.4) is 0 Å². The second kappa shape index (κ2) is 5.18. The van der Waals surface area contributed by atoms with E-state index in [0.717, 1.165) is 29.0 Å². The predicted molar refractivity (Wildman–Crippen MR) is 85.1 cm³/mol. The fraction of sp³-hybridized carbons (Fsp3) is 0.571. The summed E-state index contributed by atoms with van der Waals surface area (Å²) in [6.07, 6.45) is 4.87. The van der Waals surface area contributed by atoms with Gasteiger partial charge in [-0.05, 0) is 37.2 Å². The zero-order valence-electron chi connectivity index (χ0n) is 12.0. The van der Waals surface area contributed by atoms with Gasteiger partial charge in [0.2, 0.25) is 5.95 Å². The molecule has 0 spiro atoms. The van der Waals surface area contributed by atoms with Crippen molar-refractivity contribution in [1.29, 1.82) is 0 Å². The third kappa shape index (κ3) is 2.45. The Kier molecular flexibility index (Phi) is 3.52. The van der Waals surface area contributed by atoms with Crippen molar-refractivity contribution in [3.05, 3.63) is 10.9 Å². The second-order valence-electron chi connectivity index (χ2n) is 5.53. The molecule has 3 rings (SSSR count). The number of thiophene rings is 1. The van der Waals surface area contributed by atoms with Gasteiger partial charge in [0.05, 0.1) is 5.39 Å². The smallest absolute Gasteiger partial charge is 0.240 e. The SMILES string of the molecule is CCc1cc2c(NCC3(CC)CC3)nc(NN)nc2s1. The quantitative estimate of drug-likeness (QED) is 0.563. The molecule has 0 saturated heterocycles. The van der Waals surface area contributed by atoms with Crippen LogP contribution in [0.2, 0.25) is 0 Å². The summed E-state index contributed by atoms with van der Waals surface area (Å²) in [6, 6.07) is 2.19. The third-order valence-corrected chi connectivity index (χ3v) is 5.43. The van der Waals surface area contributed by atoms with E-state index >= 15 is 0 Å². The number of nitrogens with one attached hydrogen (secondary N) is 2. The van der Waals surface area contributed by atoms with Crippen molar-refractivity contribution in [2.45, 2.75) is 39.5 Å². The van der Waals surface area contributed by atoms with Crippen LogP contribution in [0, 0.1) is 5.41 Å². The van der Waals surface area contributed by atoms with Crippen molar-refractivity contribution in [3.8, 4) is 0 Å². The molecule has 1 saturated carbocycles. The Morgan fingerprint density at radius 2 is 2.15 bits per heavy atom. The normalized spacial score (nSPS) is 16.4. The minimum atomic E-state index is 0.478. The van der Waals surface area contributed by atoms with Gasteiger partial charge in [-0.3, -0.25) is 5.43 Å². The molecule has 108 valence electrons. The van der Waals surface area contributed by atoms with Crippen molar-refractivity contribution in [3.63, 3.8) is 0 Å². The molecule has 0 amide bonds. The number of aryl methyl sites for hydroxylation is 1. The molecule has 2 aromatic heterocycles. The lowest BCUT2D eigenvalue weighted by Crippen LogP contribution is -2.17. The van der Waals surface area contributed by atoms with Gasteiger partial charge in [0.1, 0.15) is 10.6 Å². The van der Waals surface area contributed by atoms with Crippen LogP contribution in [-0.2, 0) is 6.42 Å². The molecule has 5 nitrogen and oxygen atoms in total. The summed E-state index contributed by atoms with van der Waals surface area (Å²) in [6.45, 7) is 5.40. The minimum absolute atomic E-state index is 0.478. The van der Waals surface area contributed by atoms with Crippen LogP contribution in [-0.4, -0.2) is 16.5 Å². The number of hydrazine groups is 1. The van der Waals surface area contributed by atoms with Gasteiger partial charge in [0, 0.05) is 11.4 Å². The minimum Gasteiger partial charge on any atom is -0.369 e. The van der Waals surface area contributed by atoms with Gasteiger partial charge in [-0.15, -0.1) is 11.3 Å². The van der Waals surface area contributed by atoms with E-state index in [4.69, 9.17) is 5.84 Å². The summed E-state index contributed by atoms with van der Waals surface area (Å²) in [5, 5.41) is 4.62. The molecule has 0 unspecified atom stereocenters. The number of anilines is 2. The molecule has 0 atom stereocenters. The van der Waals surface area contributed by atoms with E-state index in [1.807, 2.05) is 0 Å². The van der Waals surface area contributed by atoms with Crippen LogP contribution in [0.4, 0.5) is 11.8 Å². The standard InChI is InChI=1S/C14H21N5S/c1-3-9-7-10-11(16-8-14(4-2)5-6-14)17-13(19-15)18-12(10)20-9/h7H,3-6,8,15H2,1-2H3,(H2,16,17,18,19). The number of hydrogen-bond donors (Lipinski definition) is 3. The zero-order chi connectivity index (χ0) is 14.2. The molecule has 1 fully saturated rings. The molecule has 2 heterocycles. The molecule has 1 aliphatic rings. The Hall–Kier alpha value is -1.40. The maximum absolute atomic E-state index is 5.47. The van der Waals surface area contributed by atoms with Crippen LogP contribution < -0.4 is 16.6 Å². The molecule has 0 radical (unpaired) electrons. The maximum atomic E-state index is 5.47. The predicted octanol–water partition coefficient (Wildman–Crippen LogP) is 3.14. The Morgan fingerprint density at radius 1 is 1.35 bits per heavy atom. The number of nitrogens with zero attached hydrogens (tertiary/aromatic N) is 2. The maximum Gasteiger partial charge on any atom is 0.240 e. The van der Waals surface area contributed by atoms with E-state index in [2.05, 4.69) is 40.6 Å². The summed E-state index contributed by atoms with van der Waals surface area (Å²) in [4.78, 5) is 11.2. The fourth-order valence-corrected chi connectivity index (χ4v) is 3.42. The van der Waals surface area contributed by atoms with Crippen LogP contribution in [0.5, 0.6) is 0 Å². The number of nitrogen functional groups attached to an aromatic ring is 1. The number of hydrogen-bond acceptors (Lipinski definition) is 6. The monoisotopic (exact) mass is 291 g/mol. The van der Waals surface area contributed by atoms with Gasteiger partial charge in [-0.25, -0.2) is 10.8 Å². The van der Waals surface area contributed by atoms with Crippen molar-refractivity contribution < 1.29 is 0 Å². The van der Waals surface area contributed by atoms with Crippen molar-refractivity contribution in [2.75, 3.05) is 17.3 Å². The van der Waals surface area contributed by atoms with Gasteiger partial charge in [-0.2, -0.15) is 4.98 Å². The fourth-order valence-electron chi connectivity index (χ4n) is 2.45. The molecule has 0 aromatic carbocycles. The van der Waals surface area contributed by atoms with Gasteiger partial charge in [0.15, 0.2) is 0 Å². The van der Waals surface area contributed by atoms with Gasteiger partial charge in [-0.1, -0.05) is 13.8 Å². The number of fused-ring (bicyclic) bond motifs is 1. The van der Waals surface area contributed by atoms with E-state index < -0.39 is 0 Å². The molecular weight excluding hydrogens is 270 g/mol. The summed E-state index contributed by atoms with van der Waals surface area (Å²) in [5.74, 6) is 6.85. The first kappa shape index (κ1) is 13.6. The Balaban J connectivity index is 1.92. The van der Waals surface area contributed by atoms with Crippen molar-refractivity contribution >= 4 is 33.3 Å². The van der Waals surface area contributed by atoms with E-state index in [0.29, 0.717) is 11.4 Å². The highest BCUT2D eigenvalue weighted by Crippen LogP contribution is 2.48. The molecule has 6 heteroatoms. The first-order valence-corrected chi connectivity index (χ1v) is 8.02. The van der Waals surface area contributed by atoms with E-state index in [1.165, 1.54) is 24.1 Å². The van der Waals surface area contributed by atoms with Crippen LogP contribution >= 0.6 is 11.3 Å². The largest absolute Gasteiger partial charge is 0.369 e. The molecule has 20 heavy (non-hydrogen) atoms. The summed E-state index contributed by atoms with van der Waals surface area (Å²) in [5.41, 5.74) is 3.04. The van der Waals surface area contributed by atoms with Crippen LogP contribution in [0.25, 0.3) is 10.2 Å². The average molecular weight is 291 g/mol. The molecule has 1 aliphatic carbocycles. The topological polar surface area (TPSA) is 75.9 Å². The highest BCUT2D eigenvalue weighted by atomic mass is 32.1. The number of rotatable bonds is 6. The van der Waals surface area contributed by atoms with Crippen LogP contribution in [0.1, 0.15) is 38.0 Å². The van der Waals surface area contributed by atoms with E-state index in [9.17, 15) is 0 Å². The molecule has 2 aromatic rings. The lowest BCUT2D eigenvalue weighted by Gasteiger charge is -2.14. The lowest BCUT2D eigenvalue weighted by molar-refractivity contribution is 0.521. The number of aromatic nitrogens is 2. The van der Waals surface area contributed by atoms with Crippen molar-refractivity contribution in [1.82, 2.24) is 9.97 Å². The first-order valence-electron chi connectivity index (χ1n) is 7.20. The second-order valence-corrected chi connectivity index (χ2v) is 6.65. The van der Waals surface area contributed by atoms with Gasteiger partial charge >= 0.3 is 0 Å². The summed E-state index contributed by atoms with van der Waals surface area (Å²) >= 11 is 1.71. The zero-order valence-corrected chi connectivity index (χ0v) is 12.8. The highest BCUT2D eigenvalue weighted by molar-refractivity contribution is 7.18. The Labute approximate surface area is 123 Å². The van der Waals surface area contributed by atoms with Gasteiger partial charge in [0.25, 0.3) is 0 Å². The van der Waals surface area contributed by atoms with Crippen molar-refractivity contribution in [2.24, 2.45) is 11.3 Å². The Bertz CT molecular complexity index is 617. The van der Waals surface area contributed by atoms with E-state index in [-0.39, 0.29) is 0 Å². The van der Waals surface area contributed by atoms with Gasteiger partial charge < -0.3 is 5.32 Å². The molecule has 0 aliphatic heterocycles. The third-order valence-electron chi connectivity index (χ3n) is 4.26. The molecular formula is C14H21N5S. The summed E-state index contributed by atoms with van der Waals surface area (Å²) < 4.78 is 0. The highest BCUT2D eigenvalue weighted by Gasteiger charge is 2.40. The Morgan fingerprint density at radius 3 is 2.75 bits per heavy atom. The van der Waals surface area contributed by atoms with Crippen LogP contribution in [0.15, 0.2) is 6.07 Å². The molecule has 4 N–H and O–H groups in total. The average Bonchev–Trinajstić information content (AvgIpc) is 3.14. The number of nitrogens with two attached hydrogens (primary N) is 1. The first-order chi connectivity index (χ1) is 9.69. The summed E-state index contributed by atoms with van der Waals surface area (Å²) in [7, 11) is 0. The molecule has 0 bridgehead atoms. The van der Waals surface area contributed by atoms with E-state index in [1.54, 1.807) is 11.3 Å². The lowest BCUT2D eigenvalue weighted by atomic mass is 10.0.